The third-order valence-corrected chi connectivity index (χ3v) is 5.42. The quantitative estimate of drug-likeness (QED) is 0.769. The molecule has 0 bridgehead atoms. The maximum Gasteiger partial charge on any atom is 0.250 e. The molecule has 0 saturated heterocycles. The minimum atomic E-state index is -3.62. The zero-order valence-electron chi connectivity index (χ0n) is 10.3. The van der Waals surface area contributed by atoms with Crippen LogP contribution in [-0.2, 0) is 21.4 Å². The average molecular weight is 291 g/mol. The van der Waals surface area contributed by atoms with E-state index < -0.39 is 10.0 Å². The summed E-state index contributed by atoms with van der Waals surface area (Å²) in [5.41, 5.74) is 5.42. The van der Waals surface area contributed by atoms with Crippen LogP contribution in [0.2, 0.25) is 0 Å². The molecular formula is C10H17N3O3S2. The number of nitrogens with two attached hydrogens (primary N) is 1. The fraction of sp³-hybridized carbons (Fsp3) is 0.500. The van der Waals surface area contributed by atoms with Gasteiger partial charge in [0, 0.05) is 25.0 Å². The molecular weight excluding hydrogens is 274 g/mol. The van der Waals surface area contributed by atoms with Crippen LogP contribution in [0.15, 0.2) is 16.3 Å². The van der Waals surface area contributed by atoms with E-state index in [1.807, 2.05) is 6.92 Å². The lowest BCUT2D eigenvalue weighted by molar-refractivity contribution is -0.128. The summed E-state index contributed by atoms with van der Waals surface area (Å²) in [6.45, 7) is 2.43. The van der Waals surface area contributed by atoms with E-state index in [-0.39, 0.29) is 16.7 Å². The molecule has 1 rings (SSSR count). The van der Waals surface area contributed by atoms with Gasteiger partial charge in [-0.3, -0.25) is 4.79 Å². The molecule has 0 aliphatic rings. The van der Waals surface area contributed by atoms with Gasteiger partial charge in [-0.05, 0) is 19.1 Å². The molecule has 18 heavy (non-hydrogen) atoms. The fourth-order valence-electron chi connectivity index (χ4n) is 1.15. The summed E-state index contributed by atoms with van der Waals surface area (Å²) in [6, 6.07) is 3.16. The molecule has 1 aromatic heterocycles. The Bertz CT molecular complexity index is 510. The molecule has 0 saturated carbocycles. The molecule has 0 unspecified atom stereocenters. The van der Waals surface area contributed by atoms with E-state index in [2.05, 4.69) is 4.72 Å². The predicted molar refractivity (Wildman–Crippen MR) is 70.7 cm³/mol. The van der Waals surface area contributed by atoms with Gasteiger partial charge < -0.3 is 10.6 Å². The van der Waals surface area contributed by atoms with E-state index in [1.54, 1.807) is 13.1 Å². The summed E-state index contributed by atoms with van der Waals surface area (Å²) in [7, 11) is -2.00. The highest BCUT2D eigenvalue weighted by atomic mass is 32.2. The average Bonchev–Trinajstić information content (AvgIpc) is 2.84. The lowest BCUT2D eigenvalue weighted by Gasteiger charge is -2.14. The van der Waals surface area contributed by atoms with Crippen molar-refractivity contribution in [2.24, 2.45) is 5.73 Å². The van der Waals surface area contributed by atoms with E-state index in [4.69, 9.17) is 5.73 Å². The number of hydrogen-bond donors (Lipinski definition) is 2. The lowest BCUT2D eigenvalue weighted by atomic mass is 10.5. The minimum absolute atomic E-state index is 0.176. The molecule has 0 atom stereocenters. The number of rotatable bonds is 6. The fourth-order valence-corrected chi connectivity index (χ4v) is 3.41. The highest BCUT2D eigenvalue weighted by Crippen LogP contribution is 2.20. The molecule has 0 spiro atoms. The Kier molecular flexibility index (Phi) is 5.27. The standard InChI is InChI=1S/C10H17N3O3S2/c1-3-13(2)9(14)7-12-18(15,16)10-5-4-8(6-11)17-10/h4-5,12H,3,6-7,11H2,1-2H3. The van der Waals surface area contributed by atoms with Crippen LogP contribution in [0, 0.1) is 0 Å². The highest BCUT2D eigenvalue weighted by Gasteiger charge is 2.18. The zero-order chi connectivity index (χ0) is 13.8. The van der Waals surface area contributed by atoms with Crippen molar-refractivity contribution in [3.05, 3.63) is 17.0 Å². The normalized spacial score (nSPS) is 11.5. The van der Waals surface area contributed by atoms with Crippen molar-refractivity contribution < 1.29 is 13.2 Å². The third-order valence-electron chi connectivity index (χ3n) is 2.42. The number of likely N-dealkylation sites (N-methyl/N-ethyl adjacent to an activating group) is 1. The van der Waals surface area contributed by atoms with Crippen LogP contribution in [0.3, 0.4) is 0 Å². The van der Waals surface area contributed by atoms with Gasteiger partial charge in [0.15, 0.2) is 0 Å². The van der Waals surface area contributed by atoms with E-state index in [9.17, 15) is 13.2 Å². The first-order chi connectivity index (χ1) is 8.40. The molecule has 102 valence electrons. The Labute approximate surface area is 111 Å². The molecule has 3 N–H and O–H groups in total. The van der Waals surface area contributed by atoms with Gasteiger partial charge in [-0.1, -0.05) is 0 Å². The van der Waals surface area contributed by atoms with Gasteiger partial charge in [-0.25, -0.2) is 13.1 Å². The number of thiophene rings is 1. The van der Waals surface area contributed by atoms with E-state index in [0.717, 1.165) is 16.2 Å². The first-order valence-electron chi connectivity index (χ1n) is 5.43. The van der Waals surface area contributed by atoms with Gasteiger partial charge in [0.25, 0.3) is 10.0 Å². The molecule has 6 nitrogen and oxygen atoms in total. The zero-order valence-corrected chi connectivity index (χ0v) is 12.0. The van der Waals surface area contributed by atoms with Crippen LogP contribution in [-0.4, -0.2) is 39.4 Å². The molecule has 0 aromatic carbocycles. The number of nitrogens with one attached hydrogen (secondary N) is 1. The summed E-state index contributed by atoms with van der Waals surface area (Å²) < 4.78 is 26.2. The minimum Gasteiger partial charge on any atom is -0.345 e. The smallest absolute Gasteiger partial charge is 0.250 e. The van der Waals surface area contributed by atoms with E-state index in [1.165, 1.54) is 11.0 Å². The van der Waals surface area contributed by atoms with Gasteiger partial charge in [0.1, 0.15) is 4.21 Å². The second-order valence-electron chi connectivity index (χ2n) is 3.66. The van der Waals surface area contributed by atoms with Crippen molar-refractivity contribution in [3.8, 4) is 0 Å². The largest absolute Gasteiger partial charge is 0.345 e. The Morgan fingerprint density at radius 3 is 2.67 bits per heavy atom. The Balaban J connectivity index is 2.68. The Hall–Kier alpha value is -0.960. The van der Waals surface area contributed by atoms with Gasteiger partial charge in [0.05, 0.1) is 6.54 Å². The number of nitrogens with zero attached hydrogens (tertiary/aromatic N) is 1. The van der Waals surface area contributed by atoms with E-state index >= 15 is 0 Å². The first kappa shape index (κ1) is 15.1. The number of carbonyl (C=O) groups excluding carboxylic acids is 1. The second kappa shape index (κ2) is 6.28. The van der Waals surface area contributed by atoms with Crippen molar-refractivity contribution in [1.82, 2.24) is 9.62 Å². The van der Waals surface area contributed by atoms with Crippen LogP contribution in [0.1, 0.15) is 11.8 Å². The predicted octanol–water partition coefficient (Wildman–Crippen LogP) is -0.0366. The Morgan fingerprint density at radius 1 is 1.50 bits per heavy atom. The molecule has 1 aromatic rings. The van der Waals surface area contributed by atoms with Crippen LogP contribution in [0.25, 0.3) is 0 Å². The lowest BCUT2D eigenvalue weighted by Crippen LogP contribution is -2.37. The second-order valence-corrected chi connectivity index (χ2v) is 6.82. The van der Waals surface area contributed by atoms with Crippen LogP contribution >= 0.6 is 11.3 Å². The van der Waals surface area contributed by atoms with Crippen molar-refractivity contribution in [1.29, 1.82) is 0 Å². The number of amides is 1. The maximum atomic E-state index is 11.9. The molecule has 1 heterocycles. The van der Waals surface area contributed by atoms with E-state index in [0.29, 0.717) is 13.1 Å². The summed E-state index contributed by atoms with van der Waals surface area (Å²) in [5.74, 6) is -0.267. The third kappa shape index (κ3) is 3.77. The highest BCUT2D eigenvalue weighted by molar-refractivity contribution is 7.91. The molecule has 1 amide bonds. The van der Waals surface area contributed by atoms with Crippen LogP contribution in [0.4, 0.5) is 0 Å². The number of hydrogen-bond acceptors (Lipinski definition) is 5. The van der Waals surface area contributed by atoms with Crippen LogP contribution < -0.4 is 10.5 Å². The summed E-state index contributed by atoms with van der Waals surface area (Å²) in [6.07, 6.45) is 0. The molecule has 0 radical (unpaired) electrons. The maximum absolute atomic E-state index is 11.9. The summed E-state index contributed by atoms with van der Waals surface area (Å²) in [5, 5.41) is 0. The van der Waals surface area contributed by atoms with Crippen LogP contribution in [0.5, 0.6) is 0 Å². The van der Waals surface area contributed by atoms with Gasteiger partial charge in [0.2, 0.25) is 5.91 Å². The monoisotopic (exact) mass is 291 g/mol. The number of sulfonamides is 1. The molecule has 0 aliphatic carbocycles. The molecule has 0 fully saturated rings. The van der Waals surface area contributed by atoms with Crippen molar-refractivity contribution in [2.75, 3.05) is 20.1 Å². The van der Waals surface area contributed by atoms with Crippen molar-refractivity contribution in [3.63, 3.8) is 0 Å². The first-order valence-corrected chi connectivity index (χ1v) is 7.73. The molecule has 8 heteroatoms. The van der Waals surface area contributed by atoms with Crippen molar-refractivity contribution in [2.45, 2.75) is 17.7 Å². The van der Waals surface area contributed by atoms with Gasteiger partial charge in [-0.15, -0.1) is 11.3 Å². The summed E-state index contributed by atoms with van der Waals surface area (Å²) >= 11 is 1.11. The van der Waals surface area contributed by atoms with Crippen molar-refractivity contribution >= 4 is 27.3 Å². The number of carbonyl (C=O) groups is 1. The SMILES string of the molecule is CCN(C)C(=O)CNS(=O)(=O)c1ccc(CN)s1. The topological polar surface area (TPSA) is 92.5 Å². The van der Waals surface area contributed by atoms with Gasteiger partial charge >= 0.3 is 0 Å². The van der Waals surface area contributed by atoms with Gasteiger partial charge in [-0.2, -0.15) is 0 Å². The molecule has 0 aliphatic heterocycles. The Morgan fingerprint density at radius 2 is 2.17 bits per heavy atom. The summed E-state index contributed by atoms with van der Waals surface area (Å²) in [4.78, 5) is 13.7.